The van der Waals surface area contributed by atoms with Crippen LogP contribution in [0.15, 0.2) is 72.8 Å². The first-order valence-electron chi connectivity index (χ1n) is 11.9. The molecule has 4 rings (SSSR count). The second-order valence-corrected chi connectivity index (χ2v) is 8.72. The summed E-state index contributed by atoms with van der Waals surface area (Å²) >= 11 is 0. The van der Waals surface area contributed by atoms with Crippen LogP contribution in [0.25, 0.3) is 0 Å². The number of nitrogens with one attached hydrogen (secondary N) is 1. The lowest BCUT2D eigenvalue weighted by Gasteiger charge is -2.26. The van der Waals surface area contributed by atoms with Gasteiger partial charge in [0.15, 0.2) is 0 Å². The molecule has 0 heterocycles. The number of hydrogen-bond donors (Lipinski definition) is 2. The zero-order chi connectivity index (χ0) is 24.6. The van der Waals surface area contributed by atoms with Gasteiger partial charge < -0.3 is 15.2 Å². The first-order chi connectivity index (χ1) is 17.0. The highest BCUT2D eigenvalue weighted by atomic mass is 16.5. The highest BCUT2D eigenvalue weighted by Gasteiger charge is 2.21. The molecule has 3 aromatic rings. The summed E-state index contributed by atoms with van der Waals surface area (Å²) in [5.41, 5.74) is 4.97. The summed E-state index contributed by atoms with van der Waals surface area (Å²) in [6.07, 6.45) is 3.06. The van der Waals surface area contributed by atoms with E-state index in [1.807, 2.05) is 54.6 Å². The molecule has 3 aromatic carbocycles. The normalized spacial score (nSPS) is 15.2. The number of aliphatic carboxylic acids is 1. The number of fused-ring (bicyclic) bond motifs is 1. The van der Waals surface area contributed by atoms with Crippen molar-refractivity contribution < 1.29 is 19.4 Å². The maximum Gasteiger partial charge on any atom is 0.304 e. The van der Waals surface area contributed by atoms with Crippen molar-refractivity contribution in [3.8, 4) is 17.6 Å². The largest absolute Gasteiger partial charge is 0.489 e. The highest BCUT2D eigenvalue weighted by Crippen LogP contribution is 2.29. The third kappa shape index (κ3) is 6.30. The Balaban J connectivity index is 1.33. The van der Waals surface area contributed by atoms with Gasteiger partial charge in [-0.15, -0.1) is 5.92 Å². The van der Waals surface area contributed by atoms with Crippen LogP contribution in [-0.2, 0) is 17.8 Å². The molecule has 0 aromatic heterocycles. The van der Waals surface area contributed by atoms with Crippen molar-refractivity contribution in [3.63, 3.8) is 0 Å². The number of carboxylic acids is 1. The Bertz CT molecular complexity index is 1240. The van der Waals surface area contributed by atoms with Gasteiger partial charge >= 0.3 is 5.97 Å². The van der Waals surface area contributed by atoms with Gasteiger partial charge in [0.1, 0.15) is 12.4 Å². The predicted octanol–water partition coefficient (Wildman–Crippen LogP) is 5.65. The number of aryl methyl sites for hydroxylation is 1. The Kier molecular flexibility index (Phi) is 7.84. The van der Waals surface area contributed by atoms with Crippen molar-refractivity contribution in [2.45, 2.75) is 51.2 Å². The van der Waals surface area contributed by atoms with E-state index in [4.69, 9.17) is 9.84 Å². The lowest BCUT2D eigenvalue weighted by Crippen LogP contribution is -2.30. The van der Waals surface area contributed by atoms with Crippen LogP contribution in [0.5, 0.6) is 5.75 Å². The number of carbonyl (C=O) groups excluding carboxylic acids is 1. The van der Waals surface area contributed by atoms with Crippen molar-refractivity contribution in [2.24, 2.45) is 0 Å². The van der Waals surface area contributed by atoms with Crippen LogP contribution in [0.1, 0.15) is 70.8 Å². The van der Waals surface area contributed by atoms with Crippen LogP contribution in [0.4, 0.5) is 0 Å². The van der Waals surface area contributed by atoms with Gasteiger partial charge in [0.2, 0.25) is 0 Å². The van der Waals surface area contributed by atoms with E-state index in [0.29, 0.717) is 17.9 Å². The molecule has 0 saturated carbocycles. The fraction of sp³-hybridized carbons (Fsp3) is 0.267. The first kappa shape index (κ1) is 24.1. The SMILES string of the molecule is CC#CC(CC(=O)O)c1ccc(OCc2ccc(C(=O)NC3CCCc4ccccc43)cc2)cc1. The molecule has 2 atom stereocenters. The average molecular weight is 468 g/mol. The molecule has 0 spiro atoms. The molecule has 0 bridgehead atoms. The predicted molar refractivity (Wildman–Crippen MR) is 135 cm³/mol. The first-order valence-corrected chi connectivity index (χ1v) is 11.9. The molecule has 2 unspecified atom stereocenters. The van der Waals surface area contributed by atoms with Crippen LogP contribution in [0.2, 0.25) is 0 Å². The van der Waals surface area contributed by atoms with Gasteiger partial charge in [0.25, 0.3) is 5.91 Å². The maximum atomic E-state index is 12.8. The third-order valence-electron chi connectivity index (χ3n) is 6.28. The number of rotatable bonds is 8. The topological polar surface area (TPSA) is 75.6 Å². The Labute approximate surface area is 206 Å². The van der Waals surface area contributed by atoms with E-state index in [2.05, 4.69) is 35.4 Å². The number of carboxylic acid groups (broad SMARTS) is 1. The molecular weight excluding hydrogens is 438 g/mol. The van der Waals surface area contributed by atoms with Crippen LogP contribution in [-0.4, -0.2) is 17.0 Å². The second kappa shape index (κ2) is 11.4. The van der Waals surface area contributed by atoms with Gasteiger partial charge in [-0.25, -0.2) is 0 Å². The average Bonchev–Trinajstić information content (AvgIpc) is 2.88. The van der Waals surface area contributed by atoms with Gasteiger partial charge in [-0.05, 0) is 72.7 Å². The highest BCUT2D eigenvalue weighted by molar-refractivity contribution is 5.94. The van der Waals surface area contributed by atoms with Crippen molar-refractivity contribution in [3.05, 3.63) is 101 Å². The maximum absolute atomic E-state index is 12.8. The van der Waals surface area contributed by atoms with Gasteiger partial charge in [-0.1, -0.05) is 54.5 Å². The molecule has 35 heavy (non-hydrogen) atoms. The van der Waals surface area contributed by atoms with E-state index >= 15 is 0 Å². The molecule has 1 aliphatic carbocycles. The zero-order valence-electron chi connectivity index (χ0n) is 19.8. The molecule has 0 fully saturated rings. The van der Waals surface area contributed by atoms with Crippen LogP contribution < -0.4 is 10.1 Å². The van der Waals surface area contributed by atoms with Crippen LogP contribution >= 0.6 is 0 Å². The molecule has 178 valence electrons. The minimum absolute atomic E-state index is 0.0335. The zero-order valence-corrected chi connectivity index (χ0v) is 19.8. The van der Waals surface area contributed by atoms with Crippen molar-refractivity contribution in [1.29, 1.82) is 0 Å². The Morgan fingerprint density at radius 1 is 1.06 bits per heavy atom. The van der Waals surface area contributed by atoms with Gasteiger partial charge in [-0.2, -0.15) is 0 Å². The summed E-state index contributed by atoms with van der Waals surface area (Å²) in [5.74, 6) is 5.15. The number of ether oxygens (including phenoxy) is 1. The quantitative estimate of drug-likeness (QED) is 0.420. The molecule has 5 heteroatoms. The summed E-state index contributed by atoms with van der Waals surface area (Å²) in [5, 5.41) is 12.3. The summed E-state index contributed by atoms with van der Waals surface area (Å²) in [4.78, 5) is 23.9. The standard InChI is InChI=1S/C30H29NO4/c1-2-6-25(19-29(32)33)22-15-17-26(18-16-22)35-20-21-11-13-24(14-12-21)30(34)31-28-10-5-8-23-7-3-4-9-27(23)28/h3-4,7,9,11-18,25,28H,5,8,10,19-20H2,1H3,(H,31,34)(H,32,33). The molecular formula is C30H29NO4. The Hall–Kier alpha value is -4.04. The van der Waals surface area contributed by atoms with E-state index in [1.54, 1.807) is 6.92 Å². The van der Waals surface area contributed by atoms with Crippen LogP contribution in [0, 0.1) is 11.8 Å². The van der Waals surface area contributed by atoms with Gasteiger partial charge in [0, 0.05) is 5.56 Å². The van der Waals surface area contributed by atoms with E-state index in [1.165, 1.54) is 11.1 Å². The van der Waals surface area contributed by atoms with Crippen molar-refractivity contribution in [1.82, 2.24) is 5.32 Å². The smallest absolute Gasteiger partial charge is 0.304 e. The Morgan fingerprint density at radius 2 is 1.80 bits per heavy atom. The number of benzene rings is 3. The number of hydrogen-bond acceptors (Lipinski definition) is 3. The monoisotopic (exact) mass is 467 g/mol. The molecule has 0 aliphatic heterocycles. The third-order valence-corrected chi connectivity index (χ3v) is 6.28. The summed E-state index contributed by atoms with van der Waals surface area (Å²) in [6.45, 7) is 2.07. The molecule has 1 amide bonds. The lowest BCUT2D eigenvalue weighted by atomic mass is 9.87. The molecule has 0 saturated heterocycles. The van der Waals surface area contributed by atoms with Gasteiger partial charge in [0.05, 0.1) is 18.4 Å². The minimum atomic E-state index is -0.876. The fourth-order valence-corrected chi connectivity index (χ4v) is 4.46. The van der Waals surface area contributed by atoms with E-state index in [-0.39, 0.29) is 24.3 Å². The number of carbonyl (C=O) groups is 2. The fourth-order valence-electron chi connectivity index (χ4n) is 4.46. The van der Waals surface area contributed by atoms with E-state index in [0.717, 1.165) is 30.4 Å². The lowest BCUT2D eigenvalue weighted by molar-refractivity contribution is -0.137. The summed E-state index contributed by atoms with van der Waals surface area (Å²) < 4.78 is 5.88. The molecule has 2 N–H and O–H groups in total. The van der Waals surface area contributed by atoms with Gasteiger partial charge in [-0.3, -0.25) is 9.59 Å². The van der Waals surface area contributed by atoms with Crippen molar-refractivity contribution >= 4 is 11.9 Å². The van der Waals surface area contributed by atoms with E-state index in [9.17, 15) is 9.59 Å². The molecule has 0 radical (unpaired) electrons. The van der Waals surface area contributed by atoms with Crippen LogP contribution in [0.3, 0.4) is 0 Å². The van der Waals surface area contributed by atoms with E-state index < -0.39 is 5.97 Å². The minimum Gasteiger partial charge on any atom is -0.489 e. The number of amides is 1. The summed E-state index contributed by atoms with van der Waals surface area (Å²) in [6, 6.07) is 23.2. The van der Waals surface area contributed by atoms with Crippen molar-refractivity contribution in [2.75, 3.05) is 0 Å². The Morgan fingerprint density at radius 3 is 2.51 bits per heavy atom. The summed E-state index contributed by atoms with van der Waals surface area (Å²) in [7, 11) is 0. The molecule has 5 nitrogen and oxygen atoms in total. The second-order valence-electron chi connectivity index (χ2n) is 8.72. The molecule has 1 aliphatic rings.